The van der Waals surface area contributed by atoms with E-state index in [1.807, 2.05) is 18.2 Å². The van der Waals surface area contributed by atoms with Gasteiger partial charge in [-0.2, -0.15) is 16.8 Å². The van der Waals surface area contributed by atoms with Gasteiger partial charge < -0.3 is 4.57 Å². The Kier molecular flexibility index (Phi) is 7.47. The minimum Gasteiger partial charge on any atom is -0.316 e. The topological polar surface area (TPSA) is 34.4 Å². The number of thioether (sulfide) groups is 2. The summed E-state index contributed by atoms with van der Waals surface area (Å²) in [5.41, 5.74) is 2.32. The minimum absolute atomic E-state index is 0.0785. The summed E-state index contributed by atoms with van der Waals surface area (Å²) in [5, 5.41) is 0.702. The van der Waals surface area contributed by atoms with Gasteiger partial charge in [-0.15, -0.1) is 11.8 Å². The molecule has 0 unspecified atom stereocenters. The quantitative estimate of drug-likeness (QED) is 0.449. The molecule has 1 heterocycles. The van der Waals surface area contributed by atoms with Crippen molar-refractivity contribution in [1.82, 2.24) is 4.57 Å². The Hall–Kier alpha value is -1.21. The third-order valence-electron chi connectivity index (χ3n) is 3.99. The first-order valence-corrected chi connectivity index (χ1v) is 12.2. The second-order valence-electron chi connectivity index (χ2n) is 6.06. The number of hydrogen-bond donors (Lipinski definition) is 0. The fourth-order valence-corrected chi connectivity index (χ4v) is 5.14. The molecule has 3 aromatic rings. The van der Waals surface area contributed by atoms with Crippen molar-refractivity contribution in [2.24, 2.45) is 4.99 Å². The molecule has 3 nitrogen and oxygen atoms in total. The number of hydrogen-bond acceptors (Lipinski definition) is 4. The van der Waals surface area contributed by atoms with E-state index >= 15 is 0 Å². The van der Waals surface area contributed by atoms with Gasteiger partial charge in [0.25, 0.3) is 0 Å². The van der Waals surface area contributed by atoms with Crippen LogP contribution in [0.3, 0.4) is 0 Å². The van der Waals surface area contributed by atoms with Crippen molar-refractivity contribution in [3.05, 3.63) is 57.9 Å². The van der Waals surface area contributed by atoms with E-state index in [0.717, 1.165) is 33.1 Å². The summed E-state index contributed by atoms with van der Waals surface area (Å²) in [7, 11) is 0. The summed E-state index contributed by atoms with van der Waals surface area (Å²) < 4.78 is 3.18. The van der Waals surface area contributed by atoms with Crippen LogP contribution in [0.2, 0.25) is 5.02 Å². The molecule has 7 heteroatoms. The molecule has 0 bridgehead atoms. The minimum atomic E-state index is -0.0785. The lowest BCUT2D eigenvalue weighted by atomic mass is 10.2. The molecule has 3 rings (SSSR count). The Morgan fingerprint density at radius 1 is 1.19 bits per heavy atom. The van der Waals surface area contributed by atoms with Crippen LogP contribution in [0.4, 0.5) is 0 Å². The summed E-state index contributed by atoms with van der Waals surface area (Å²) in [5.74, 6) is 1.62. The molecule has 142 valence electrons. The van der Waals surface area contributed by atoms with E-state index in [-0.39, 0.29) is 5.91 Å². The van der Waals surface area contributed by atoms with Crippen LogP contribution in [0, 0.1) is 6.92 Å². The van der Waals surface area contributed by atoms with Gasteiger partial charge in [0.05, 0.1) is 10.2 Å². The van der Waals surface area contributed by atoms with Crippen LogP contribution in [0.25, 0.3) is 10.2 Å². The van der Waals surface area contributed by atoms with Gasteiger partial charge in [0.1, 0.15) is 0 Å². The maximum absolute atomic E-state index is 12.4. The molecule has 0 saturated heterocycles. The van der Waals surface area contributed by atoms with Crippen molar-refractivity contribution in [3.63, 3.8) is 0 Å². The standard InChI is InChI=1S/C20H21ClN2OS3/c1-14-3-6-16(7-4-14)26-11-9-19(24)22-20-23(10-12-25-2)17-8-5-15(21)13-18(17)27-20/h3-8,13H,9-12H2,1-2H3. The predicted octanol–water partition coefficient (Wildman–Crippen LogP) is 5.64. The van der Waals surface area contributed by atoms with Crippen LogP contribution < -0.4 is 4.80 Å². The average Bonchev–Trinajstić information content (AvgIpc) is 2.97. The predicted molar refractivity (Wildman–Crippen MR) is 120 cm³/mol. The highest BCUT2D eigenvalue weighted by Crippen LogP contribution is 2.22. The zero-order valence-electron chi connectivity index (χ0n) is 15.3. The van der Waals surface area contributed by atoms with Crippen molar-refractivity contribution in [2.45, 2.75) is 24.8 Å². The fourth-order valence-electron chi connectivity index (χ4n) is 2.58. The first kappa shape index (κ1) is 20.5. The van der Waals surface area contributed by atoms with Gasteiger partial charge in [0.2, 0.25) is 5.91 Å². The van der Waals surface area contributed by atoms with E-state index in [1.54, 1.807) is 23.5 Å². The monoisotopic (exact) mass is 436 g/mol. The summed E-state index contributed by atoms with van der Waals surface area (Å²) in [4.78, 5) is 18.7. The van der Waals surface area contributed by atoms with Gasteiger partial charge in [-0.25, -0.2) is 0 Å². The smallest absolute Gasteiger partial charge is 0.249 e. The van der Waals surface area contributed by atoms with E-state index in [9.17, 15) is 4.79 Å². The number of carbonyl (C=O) groups excluding carboxylic acids is 1. The number of benzene rings is 2. The number of nitrogens with zero attached hydrogens (tertiary/aromatic N) is 2. The number of fused-ring (bicyclic) bond motifs is 1. The lowest BCUT2D eigenvalue weighted by Gasteiger charge is -2.04. The molecule has 0 aliphatic heterocycles. The summed E-state index contributed by atoms with van der Waals surface area (Å²) in [6.45, 7) is 2.90. The third kappa shape index (κ3) is 5.64. The Labute approximate surface area is 176 Å². The number of aromatic nitrogens is 1. The highest BCUT2D eigenvalue weighted by atomic mass is 35.5. The maximum atomic E-state index is 12.4. The molecule has 0 radical (unpaired) electrons. The summed E-state index contributed by atoms with van der Waals surface area (Å²) in [6, 6.07) is 14.2. The number of halogens is 1. The number of carbonyl (C=O) groups is 1. The molecule has 0 saturated carbocycles. The van der Waals surface area contributed by atoms with Crippen molar-refractivity contribution in [1.29, 1.82) is 0 Å². The normalized spacial score (nSPS) is 12.0. The van der Waals surface area contributed by atoms with Gasteiger partial charge in [-0.3, -0.25) is 4.79 Å². The molecule has 0 spiro atoms. The van der Waals surface area contributed by atoms with Crippen LogP contribution in [0.5, 0.6) is 0 Å². The molecule has 0 aliphatic carbocycles. The molecule has 1 aromatic heterocycles. The highest BCUT2D eigenvalue weighted by Gasteiger charge is 2.09. The number of amides is 1. The van der Waals surface area contributed by atoms with Gasteiger partial charge in [-0.1, -0.05) is 40.6 Å². The zero-order valence-corrected chi connectivity index (χ0v) is 18.5. The molecule has 1 amide bonds. The Morgan fingerprint density at radius 3 is 2.70 bits per heavy atom. The SMILES string of the molecule is CSCCn1c(=NC(=O)CCSc2ccc(C)cc2)sc2cc(Cl)ccc21. The van der Waals surface area contributed by atoms with Crippen LogP contribution in [0.1, 0.15) is 12.0 Å². The van der Waals surface area contributed by atoms with E-state index in [1.165, 1.54) is 21.8 Å². The molecule has 2 aromatic carbocycles. The summed E-state index contributed by atoms with van der Waals surface area (Å²) in [6.07, 6.45) is 2.51. The molecular weight excluding hydrogens is 416 g/mol. The second-order valence-corrected chi connectivity index (χ2v) is 9.66. The molecule has 0 atom stereocenters. The van der Waals surface area contributed by atoms with Crippen molar-refractivity contribution < 1.29 is 4.79 Å². The van der Waals surface area contributed by atoms with Crippen LogP contribution >= 0.6 is 46.5 Å². The number of rotatable bonds is 7. The van der Waals surface area contributed by atoms with E-state index < -0.39 is 0 Å². The third-order valence-corrected chi connectivity index (χ3v) is 6.87. The Balaban J connectivity index is 1.75. The van der Waals surface area contributed by atoms with E-state index in [4.69, 9.17) is 11.6 Å². The second kappa shape index (κ2) is 9.82. The largest absolute Gasteiger partial charge is 0.316 e. The van der Waals surface area contributed by atoms with E-state index in [2.05, 4.69) is 47.0 Å². The highest BCUT2D eigenvalue weighted by molar-refractivity contribution is 7.99. The number of aryl methyl sites for hydroxylation is 2. The molecule has 0 fully saturated rings. The van der Waals surface area contributed by atoms with Crippen LogP contribution in [-0.4, -0.2) is 28.2 Å². The van der Waals surface area contributed by atoms with Gasteiger partial charge in [-0.05, 0) is 43.5 Å². The lowest BCUT2D eigenvalue weighted by Crippen LogP contribution is -2.18. The van der Waals surface area contributed by atoms with Crippen molar-refractivity contribution in [2.75, 3.05) is 17.8 Å². The van der Waals surface area contributed by atoms with Crippen LogP contribution in [-0.2, 0) is 11.3 Å². The first-order chi connectivity index (χ1) is 13.1. The maximum Gasteiger partial charge on any atom is 0.249 e. The molecule has 27 heavy (non-hydrogen) atoms. The van der Waals surface area contributed by atoms with Gasteiger partial charge in [0, 0.05) is 34.4 Å². The molecule has 0 N–H and O–H groups in total. The zero-order chi connectivity index (χ0) is 19.2. The van der Waals surface area contributed by atoms with Crippen molar-refractivity contribution in [3.8, 4) is 0 Å². The van der Waals surface area contributed by atoms with Gasteiger partial charge in [0.15, 0.2) is 4.80 Å². The summed E-state index contributed by atoms with van der Waals surface area (Å²) >= 11 is 11.1. The van der Waals surface area contributed by atoms with Crippen molar-refractivity contribution >= 4 is 62.6 Å². The van der Waals surface area contributed by atoms with Gasteiger partial charge >= 0.3 is 0 Å². The molecule has 0 aliphatic rings. The Bertz CT molecular complexity index is 993. The average molecular weight is 437 g/mol. The lowest BCUT2D eigenvalue weighted by molar-refractivity contribution is -0.117. The van der Waals surface area contributed by atoms with Crippen LogP contribution in [0.15, 0.2) is 52.4 Å². The van der Waals surface area contributed by atoms with E-state index in [0.29, 0.717) is 11.4 Å². The number of thiazole rings is 1. The Morgan fingerprint density at radius 2 is 1.96 bits per heavy atom. The molecular formula is C20H21ClN2OS3. The first-order valence-electron chi connectivity index (χ1n) is 8.61. The fraction of sp³-hybridized carbons (Fsp3) is 0.300.